The average molecular weight is 295 g/mol. The molecule has 0 saturated heterocycles. The van der Waals surface area contributed by atoms with Gasteiger partial charge < -0.3 is 16.0 Å². The first-order valence-electron chi connectivity index (χ1n) is 6.61. The maximum Gasteiger partial charge on any atom is 0.253 e. The molecule has 7 nitrogen and oxygen atoms in total. The molecule has 2 aromatic heterocycles. The molecular weight excluding hydrogens is 282 g/mol. The molecule has 3 rings (SSSR count). The standard InChI is InChI=1S/C15H13N5O2/c16-12(21)8-18-15(22)10-2-1-3-11-13(10)20-14(19-11)9-4-6-17-7-5-9/h1-7H,8H2,(H2,16,21)(H,18,22)(H,19,20). The summed E-state index contributed by atoms with van der Waals surface area (Å²) in [5.41, 5.74) is 7.56. The van der Waals surface area contributed by atoms with Gasteiger partial charge in [-0.3, -0.25) is 14.6 Å². The zero-order chi connectivity index (χ0) is 15.5. The van der Waals surface area contributed by atoms with Crippen LogP contribution in [0.2, 0.25) is 0 Å². The summed E-state index contributed by atoms with van der Waals surface area (Å²) in [5, 5.41) is 2.46. The molecule has 0 radical (unpaired) electrons. The fourth-order valence-corrected chi connectivity index (χ4v) is 2.12. The fourth-order valence-electron chi connectivity index (χ4n) is 2.12. The molecule has 0 aliphatic carbocycles. The van der Waals surface area contributed by atoms with E-state index in [4.69, 9.17) is 5.73 Å². The second kappa shape index (κ2) is 5.65. The third kappa shape index (κ3) is 2.64. The third-order valence-corrected chi connectivity index (χ3v) is 3.13. The summed E-state index contributed by atoms with van der Waals surface area (Å²) in [6.45, 7) is -0.211. The van der Waals surface area contributed by atoms with Gasteiger partial charge in [-0.05, 0) is 24.3 Å². The van der Waals surface area contributed by atoms with E-state index >= 15 is 0 Å². The molecule has 0 saturated carbocycles. The molecule has 0 bridgehead atoms. The fraction of sp³-hybridized carbons (Fsp3) is 0.0667. The Hall–Kier alpha value is -3.22. The van der Waals surface area contributed by atoms with Crippen LogP contribution in [0.5, 0.6) is 0 Å². The van der Waals surface area contributed by atoms with Crippen LogP contribution in [0.15, 0.2) is 42.7 Å². The van der Waals surface area contributed by atoms with Crippen molar-refractivity contribution in [3.05, 3.63) is 48.3 Å². The van der Waals surface area contributed by atoms with Crippen molar-refractivity contribution in [2.45, 2.75) is 0 Å². The number of hydrogen-bond acceptors (Lipinski definition) is 4. The quantitative estimate of drug-likeness (QED) is 0.661. The predicted molar refractivity (Wildman–Crippen MR) is 80.9 cm³/mol. The Labute approximate surface area is 125 Å². The van der Waals surface area contributed by atoms with Crippen molar-refractivity contribution in [1.82, 2.24) is 20.3 Å². The van der Waals surface area contributed by atoms with E-state index in [1.165, 1.54) is 0 Å². The molecule has 0 aliphatic rings. The van der Waals surface area contributed by atoms with Crippen molar-refractivity contribution in [1.29, 1.82) is 0 Å². The molecule has 4 N–H and O–H groups in total. The van der Waals surface area contributed by atoms with E-state index < -0.39 is 11.8 Å². The van der Waals surface area contributed by atoms with Crippen molar-refractivity contribution in [2.75, 3.05) is 6.54 Å². The zero-order valence-corrected chi connectivity index (χ0v) is 11.5. The van der Waals surface area contributed by atoms with Crippen LogP contribution < -0.4 is 11.1 Å². The number of primary amides is 1. The number of imidazole rings is 1. The van der Waals surface area contributed by atoms with Crippen LogP contribution in [0, 0.1) is 0 Å². The number of amides is 2. The van der Waals surface area contributed by atoms with Gasteiger partial charge in [0.15, 0.2) is 0 Å². The zero-order valence-electron chi connectivity index (χ0n) is 11.5. The van der Waals surface area contributed by atoms with E-state index in [2.05, 4.69) is 20.3 Å². The van der Waals surface area contributed by atoms with Gasteiger partial charge >= 0.3 is 0 Å². The van der Waals surface area contributed by atoms with E-state index in [0.717, 1.165) is 11.1 Å². The van der Waals surface area contributed by atoms with Gasteiger partial charge in [-0.1, -0.05) is 6.07 Å². The van der Waals surface area contributed by atoms with Crippen LogP contribution in [0.4, 0.5) is 0 Å². The van der Waals surface area contributed by atoms with Gasteiger partial charge in [-0.15, -0.1) is 0 Å². The summed E-state index contributed by atoms with van der Waals surface area (Å²) < 4.78 is 0. The molecule has 2 heterocycles. The number of benzene rings is 1. The number of H-pyrrole nitrogens is 1. The molecule has 0 unspecified atom stereocenters. The monoisotopic (exact) mass is 295 g/mol. The van der Waals surface area contributed by atoms with E-state index in [9.17, 15) is 9.59 Å². The first kappa shape index (κ1) is 13.7. The summed E-state index contributed by atoms with van der Waals surface area (Å²) in [6, 6.07) is 8.87. The summed E-state index contributed by atoms with van der Waals surface area (Å²) in [7, 11) is 0. The van der Waals surface area contributed by atoms with Crippen LogP contribution in [0.3, 0.4) is 0 Å². The SMILES string of the molecule is NC(=O)CNC(=O)c1cccc2[nH]c(-c3ccncc3)nc12. The topological polar surface area (TPSA) is 114 Å². The summed E-state index contributed by atoms with van der Waals surface area (Å²) >= 11 is 0. The molecule has 7 heteroatoms. The normalized spacial score (nSPS) is 10.5. The van der Waals surface area contributed by atoms with Gasteiger partial charge in [0.1, 0.15) is 11.3 Å². The van der Waals surface area contributed by atoms with Gasteiger partial charge in [-0.25, -0.2) is 4.98 Å². The summed E-state index contributed by atoms with van der Waals surface area (Å²) in [5.74, 6) is -0.343. The largest absolute Gasteiger partial charge is 0.368 e. The number of fused-ring (bicyclic) bond motifs is 1. The maximum atomic E-state index is 12.1. The molecule has 1 aromatic carbocycles. The smallest absolute Gasteiger partial charge is 0.253 e. The second-order valence-corrected chi connectivity index (χ2v) is 4.67. The lowest BCUT2D eigenvalue weighted by atomic mass is 10.1. The lowest BCUT2D eigenvalue weighted by Gasteiger charge is -2.03. The third-order valence-electron chi connectivity index (χ3n) is 3.13. The highest BCUT2D eigenvalue weighted by molar-refractivity contribution is 6.06. The Balaban J connectivity index is 2.00. The number of pyridine rings is 1. The molecule has 0 fully saturated rings. The Morgan fingerprint density at radius 2 is 1.95 bits per heavy atom. The molecule has 2 amide bonds. The average Bonchev–Trinajstić information content (AvgIpc) is 2.97. The number of para-hydroxylation sites is 1. The maximum absolute atomic E-state index is 12.1. The van der Waals surface area contributed by atoms with Gasteiger partial charge in [0.05, 0.1) is 17.6 Å². The minimum absolute atomic E-state index is 0.211. The Morgan fingerprint density at radius 3 is 2.68 bits per heavy atom. The number of nitrogens with zero attached hydrogens (tertiary/aromatic N) is 2. The lowest BCUT2D eigenvalue weighted by Crippen LogP contribution is -2.33. The van der Waals surface area contributed by atoms with Crippen LogP contribution in [0.1, 0.15) is 10.4 Å². The van der Waals surface area contributed by atoms with Crippen molar-refractivity contribution in [3.8, 4) is 11.4 Å². The van der Waals surface area contributed by atoms with Crippen LogP contribution >= 0.6 is 0 Å². The van der Waals surface area contributed by atoms with E-state index in [-0.39, 0.29) is 6.54 Å². The molecule has 0 aliphatic heterocycles. The lowest BCUT2D eigenvalue weighted by molar-refractivity contribution is -0.117. The van der Waals surface area contributed by atoms with Crippen LogP contribution in [-0.4, -0.2) is 33.3 Å². The van der Waals surface area contributed by atoms with E-state index in [1.807, 2.05) is 18.2 Å². The Morgan fingerprint density at radius 1 is 1.18 bits per heavy atom. The minimum Gasteiger partial charge on any atom is -0.368 e. The number of rotatable bonds is 4. The number of carbonyl (C=O) groups excluding carboxylic acids is 2. The first-order chi connectivity index (χ1) is 10.6. The number of aromatic nitrogens is 3. The van der Waals surface area contributed by atoms with Crippen molar-refractivity contribution >= 4 is 22.8 Å². The van der Waals surface area contributed by atoms with Crippen molar-refractivity contribution in [2.24, 2.45) is 5.73 Å². The predicted octanol–water partition coefficient (Wildman–Crippen LogP) is 0.840. The Bertz CT molecular complexity index is 842. The first-order valence-corrected chi connectivity index (χ1v) is 6.61. The molecule has 0 atom stereocenters. The summed E-state index contributed by atoms with van der Waals surface area (Å²) in [4.78, 5) is 34.5. The highest BCUT2D eigenvalue weighted by Gasteiger charge is 2.14. The molecule has 22 heavy (non-hydrogen) atoms. The number of nitrogens with one attached hydrogen (secondary N) is 2. The minimum atomic E-state index is -0.597. The molecule has 3 aromatic rings. The van der Waals surface area contributed by atoms with Crippen molar-refractivity contribution in [3.63, 3.8) is 0 Å². The Kier molecular flexibility index (Phi) is 3.53. The number of carbonyl (C=O) groups is 2. The van der Waals surface area contributed by atoms with E-state index in [1.54, 1.807) is 24.5 Å². The molecular formula is C15H13N5O2. The van der Waals surface area contributed by atoms with Gasteiger partial charge in [0.25, 0.3) is 5.91 Å². The van der Waals surface area contributed by atoms with Crippen molar-refractivity contribution < 1.29 is 9.59 Å². The second-order valence-electron chi connectivity index (χ2n) is 4.67. The van der Waals surface area contributed by atoms with Gasteiger partial charge in [0.2, 0.25) is 5.91 Å². The number of nitrogens with two attached hydrogens (primary N) is 1. The van der Waals surface area contributed by atoms with Crippen LogP contribution in [-0.2, 0) is 4.79 Å². The van der Waals surface area contributed by atoms with E-state index in [0.29, 0.717) is 16.9 Å². The number of hydrogen-bond donors (Lipinski definition) is 3. The summed E-state index contributed by atoms with van der Waals surface area (Å²) in [6.07, 6.45) is 3.34. The number of aromatic amines is 1. The van der Waals surface area contributed by atoms with Gasteiger partial charge in [0, 0.05) is 18.0 Å². The van der Waals surface area contributed by atoms with Gasteiger partial charge in [-0.2, -0.15) is 0 Å². The highest BCUT2D eigenvalue weighted by atomic mass is 16.2. The molecule has 110 valence electrons. The molecule has 0 spiro atoms. The highest BCUT2D eigenvalue weighted by Crippen LogP contribution is 2.22. The van der Waals surface area contributed by atoms with Crippen LogP contribution in [0.25, 0.3) is 22.4 Å².